The molecule has 3 radical (unpaired) electrons. The molecule has 0 rings (SSSR count). The molecule has 0 bridgehead atoms. The zero-order valence-corrected chi connectivity index (χ0v) is 9.44. The van der Waals surface area contributed by atoms with Crippen molar-refractivity contribution in [1.29, 1.82) is 0 Å². The Balaban J connectivity index is 0. The average molecular weight is 393 g/mol. The van der Waals surface area contributed by atoms with Crippen LogP contribution in [0.3, 0.4) is 0 Å². The molecule has 0 amide bonds. The summed E-state index contributed by atoms with van der Waals surface area (Å²) in [5, 5.41) is 0. The SMILES string of the molecule is O.O.O.[AlH3].[AlH3].[Nb].[Nb].[Nb]. The molecular formula is H12Al2Nb3O3. The van der Waals surface area contributed by atoms with Crippen molar-refractivity contribution < 1.29 is 83.6 Å². The van der Waals surface area contributed by atoms with Crippen LogP contribution in [0.25, 0.3) is 0 Å². The predicted molar refractivity (Wildman–Crippen MR) is 30.7 cm³/mol. The van der Waals surface area contributed by atoms with E-state index in [4.69, 9.17) is 0 Å². The summed E-state index contributed by atoms with van der Waals surface area (Å²) in [6.45, 7) is 0. The molecule has 0 aromatic rings. The van der Waals surface area contributed by atoms with E-state index in [1.54, 1.807) is 0 Å². The fourth-order valence-corrected chi connectivity index (χ4v) is 0. The largest absolute Gasteiger partial charge is 0.412 e. The average Bonchev–Trinajstić information content (AvgIpc) is 0. The molecular weight excluding hydrogens is 381 g/mol. The summed E-state index contributed by atoms with van der Waals surface area (Å²) in [5.74, 6) is 0. The van der Waals surface area contributed by atoms with Gasteiger partial charge in [0.15, 0.2) is 34.7 Å². The number of hydrogen-bond donors (Lipinski definition) is 0. The first-order valence-electron chi connectivity index (χ1n) is 0. The fourth-order valence-electron chi connectivity index (χ4n) is 0. The van der Waals surface area contributed by atoms with Gasteiger partial charge < -0.3 is 16.4 Å². The van der Waals surface area contributed by atoms with Crippen LogP contribution in [0.1, 0.15) is 0 Å². The van der Waals surface area contributed by atoms with Crippen LogP contribution in [0.15, 0.2) is 0 Å². The minimum atomic E-state index is 0. The molecule has 0 aliphatic heterocycles. The summed E-state index contributed by atoms with van der Waals surface area (Å²) in [6, 6.07) is 0. The van der Waals surface area contributed by atoms with E-state index in [-0.39, 0.29) is 118 Å². The van der Waals surface area contributed by atoms with Gasteiger partial charge in [-0.3, -0.25) is 0 Å². The Kier molecular flexibility index (Phi) is 1230. The molecule has 0 aromatic carbocycles. The van der Waals surface area contributed by atoms with E-state index < -0.39 is 0 Å². The molecule has 0 heterocycles. The van der Waals surface area contributed by atoms with Crippen molar-refractivity contribution in [2.24, 2.45) is 0 Å². The Hall–Kier alpha value is 3.17. The van der Waals surface area contributed by atoms with Gasteiger partial charge in [-0.25, -0.2) is 0 Å². The summed E-state index contributed by atoms with van der Waals surface area (Å²) < 4.78 is 0. The van der Waals surface area contributed by atoms with Crippen LogP contribution in [0.4, 0.5) is 0 Å². The van der Waals surface area contributed by atoms with E-state index in [0.29, 0.717) is 0 Å². The smallest absolute Gasteiger partial charge is 0.187 e. The van der Waals surface area contributed by atoms with Crippen LogP contribution >= 0.6 is 0 Å². The number of hydrogen-bond acceptors (Lipinski definition) is 0. The Morgan fingerprint density at radius 2 is 0.375 bits per heavy atom. The second kappa shape index (κ2) is 85.2. The summed E-state index contributed by atoms with van der Waals surface area (Å²) >= 11 is 0. The van der Waals surface area contributed by atoms with Gasteiger partial charge in [0.05, 0.1) is 0 Å². The molecule has 0 aliphatic rings. The molecule has 0 aliphatic carbocycles. The maximum Gasteiger partial charge on any atom is 0.187 e. The van der Waals surface area contributed by atoms with E-state index in [1.165, 1.54) is 0 Å². The molecule has 0 spiro atoms. The molecule has 0 aromatic heterocycles. The van der Waals surface area contributed by atoms with Crippen molar-refractivity contribution in [1.82, 2.24) is 0 Å². The second-order valence-corrected chi connectivity index (χ2v) is 0. The zero-order chi connectivity index (χ0) is 0. The molecule has 8 heteroatoms. The Labute approximate surface area is 116 Å². The van der Waals surface area contributed by atoms with Gasteiger partial charge in [-0.1, -0.05) is 0 Å². The third kappa shape index (κ3) is 61.0. The first-order valence-corrected chi connectivity index (χ1v) is 0. The number of rotatable bonds is 0. The van der Waals surface area contributed by atoms with Gasteiger partial charge in [0.1, 0.15) is 0 Å². The molecule has 3 nitrogen and oxygen atoms in total. The van der Waals surface area contributed by atoms with Gasteiger partial charge in [0.2, 0.25) is 0 Å². The minimum Gasteiger partial charge on any atom is -0.412 e. The van der Waals surface area contributed by atoms with Crippen LogP contribution in [-0.4, -0.2) is 51.2 Å². The topological polar surface area (TPSA) is 94.5 Å². The molecule has 6 N–H and O–H groups in total. The van der Waals surface area contributed by atoms with E-state index in [2.05, 4.69) is 0 Å². The van der Waals surface area contributed by atoms with Crippen molar-refractivity contribution in [3.8, 4) is 0 Å². The van der Waals surface area contributed by atoms with Gasteiger partial charge in [0.25, 0.3) is 0 Å². The third-order valence-electron chi connectivity index (χ3n) is 0. The van der Waals surface area contributed by atoms with Crippen LogP contribution < -0.4 is 0 Å². The second-order valence-electron chi connectivity index (χ2n) is 0. The molecule has 0 saturated carbocycles. The van der Waals surface area contributed by atoms with Crippen molar-refractivity contribution in [3.05, 3.63) is 0 Å². The molecule has 0 unspecified atom stereocenters. The van der Waals surface area contributed by atoms with E-state index in [1.807, 2.05) is 0 Å². The van der Waals surface area contributed by atoms with Crippen LogP contribution in [0, 0.1) is 0 Å². The standard InChI is InChI=1S/2Al.3Nb.3H2O.6H/h;;;;;3*1H2;;;;;;. The van der Waals surface area contributed by atoms with Crippen molar-refractivity contribution in [2.75, 3.05) is 0 Å². The first kappa shape index (κ1) is 115. The summed E-state index contributed by atoms with van der Waals surface area (Å²) in [7, 11) is 0. The van der Waals surface area contributed by atoms with Crippen molar-refractivity contribution in [3.63, 3.8) is 0 Å². The quantitative estimate of drug-likeness (QED) is 0.370. The predicted octanol–water partition coefficient (Wildman–Crippen LogP) is -4.85. The van der Waals surface area contributed by atoms with E-state index in [9.17, 15) is 0 Å². The van der Waals surface area contributed by atoms with Gasteiger partial charge in [-0.15, -0.1) is 0 Å². The van der Waals surface area contributed by atoms with Crippen molar-refractivity contribution >= 4 is 34.7 Å². The summed E-state index contributed by atoms with van der Waals surface area (Å²) in [4.78, 5) is 0. The minimum absolute atomic E-state index is 0. The third-order valence-corrected chi connectivity index (χ3v) is 0. The molecule has 0 fully saturated rings. The Bertz CT molecular complexity index is 12.5. The van der Waals surface area contributed by atoms with Gasteiger partial charge in [-0.05, 0) is 0 Å². The van der Waals surface area contributed by atoms with E-state index >= 15 is 0 Å². The molecule has 51 valence electrons. The summed E-state index contributed by atoms with van der Waals surface area (Å²) in [5.41, 5.74) is 0. The molecule has 0 atom stereocenters. The van der Waals surface area contributed by atoms with Crippen LogP contribution in [0.2, 0.25) is 0 Å². The van der Waals surface area contributed by atoms with Crippen LogP contribution in [0.5, 0.6) is 0 Å². The van der Waals surface area contributed by atoms with Gasteiger partial charge in [-0.2, -0.15) is 0 Å². The normalized spacial score (nSPS) is 0. The molecule has 0 saturated heterocycles. The summed E-state index contributed by atoms with van der Waals surface area (Å²) in [6.07, 6.45) is 0. The maximum atomic E-state index is 0. The first-order chi connectivity index (χ1) is 0. The molecule has 8 heavy (non-hydrogen) atoms. The van der Waals surface area contributed by atoms with E-state index in [0.717, 1.165) is 0 Å². The van der Waals surface area contributed by atoms with Crippen molar-refractivity contribution in [2.45, 2.75) is 0 Å². The zero-order valence-electron chi connectivity index (χ0n) is 2.84. The van der Waals surface area contributed by atoms with Gasteiger partial charge in [0, 0.05) is 67.1 Å². The monoisotopic (exact) mass is 393 g/mol. The fraction of sp³-hybridized carbons (Fsp3) is 0. The Morgan fingerprint density at radius 1 is 0.375 bits per heavy atom. The van der Waals surface area contributed by atoms with Crippen LogP contribution in [-0.2, 0) is 67.1 Å². The Morgan fingerprint density at radius 3 is 0.375 bits per heavy atom. The van der Waals surface area contributed by atoms with Gasteiger partial charge >= 0.3 is 0 Å². The maximum absolute atomic E-state index is 0.